The van der Waals surface area contributed by atoms with Crippen LogP contribution in [0.3, 0.4) is 0 Å². The predicted octanol–water partition coefficient (Wildman–Crippen LogP) is 2.55. The van der Waals surface area contributed by atoms with E-state index in [-0.39, 0.29) is 5.91 Å². The molecule has 21 heavy (non-hydrogen) atoms. The molecule has 1 fully saturated rings. The molecule has 1 atom stereocenters. The minimum atomic E-state index is -0.587. The lowest BCUT2D eigenvalue weighted by atomic mass is 9.91. The second-order valence-electron chi connectivity index (χ2n) is 5.65. The molecule has 0 bridgehead atoms. The van der Waals surface area contributed by atoms with E-state index in [0.717, 1.165) is 38.3 Å². The van der Waals surface area contributed by atoms with Crippen LogP contribution >= 0.6 is 0 Å². The number of amides is 1. The van der Waals surface area contributed by atoms with Crippen molar-refractivity contribution in [2.45, 2.75) is 44.6 Å². The van der Waals surface area contributed by atoms with Gasteiger partial charge in [-0.2, -0.15) is 0 Å². The molecule has 5 heteroatoms. The summed E-state index contributed by atoms with van der Waals surface area (Å²) in [7, 11) is 0. The summed E-state index contributed by atoms with van der Waals surface area (Å²) in [5, 5.41) is 6.20. The monoisotopic (exact) mass is 296 g/mol. The highest BCUT2D eigenvalue weighted by atomic mass is 19.1. The third-order valence-electron chi connectivity index (χ3n) is 3.98. The summed E-state index contributed by atoms with van der Waals surface area (Å²) in [6.07, 6.45) is 4.02. The molecule has 0 radical (unpaired) electrons. The van der Waals surface area contributed by atoms with Crippen LogP contribution in [-0.2, 0) is 11.2 Å². The topological polar surface area (TPSA) is 41.1 Å². The zero-order chi connectivity index (χ0) is 15.3. The molecule has 3 nitrogen and oxygen atoms in total. The quantitative estimate of drug-likeness (QED) is 0.847. The van der Waals surface area contributed by atoms with Crippen LogP contribution < -0.4 is 10.6 Å². The van der Waals surface area contributed by atoms with Crippen molar-refractivity contribution in [2.24, 2.45) is 0 Å². The normalized spacial score (nSPS) is 21.5. The van der Waals surface area contributed by atoms with Crippen LogP contribution in [0, 0.1) is 11.6 Å². The first-order chi connectivity index (χ1) is 10.1. The molecule has 2 N–H and O–H groups in total. The first-order valence-electron chi connectivity index (χ1n) is 7.54. The second kappa shape index (κ2) is 6.98. The molecule has 2 rings (SSSR count). The van der Waals surface area contributed by atoms with Gasteiger partial charge in [0.05, 0.1) is 5.54 Å². The Hall–Kier alpha value is -1.49. The fourth-order valence-corrected chi connectivity index (χ4v) is 3.00. The average molecular weight is 296 g/mol. The number of rotatable bonds is 6. The van der Waals surface area contributed by atoms with Crippen molar-refractivity contribution in [2.75, 3.05) is 13.1 Å². The van der Waals surface area contributed by atoms with Gasteiger partial charge in [0.1, 0.15) is 11.6 Å². The summed E-state index contributed by atoms with van der Waals surface area (Å²) in [6.45, 7) is 3.31. The molecule has 1 amide bonds. The zero-order valence-corrected chi connectivity index (χ0v) is 12.3. The first-order valence-corrected chi connectivity index (χ1v) is 7.54. The summed E-state index contributed by atoms with van der Waals surface area (Å²) in [5.74, 6) is -1.17. The van der Waals surface area contributed by atoms with Crippen molar-refractivity contribution in [3.63, 3.8) is 0 Å². The lowest BCUT2D eigenvalue weighted by Gasteiger charge is -2.27. The lowest BCUT2D eigenvalue weighted by Crippen LogP contribution is -2.53. The van der Waals surface area contributed by atoms with E-state index in [1.165, 1.54) is 12.1 Å². The van der Waals surface area contributed by atoms with Crippen LogP contribution in [-0.4, -0.2) is 24.5 Å². The molecule has 0 aliphatic carbocycles. The number of hydrogen-bond donors (Lipinski definition) is 2. The molecular formula is C16H22F2N2O. The highest BCUT2D eigenvalue weighted by Crippen LogP contribution is 2.24. The van der Waals surface area contributed by atoms with Crippen LogP contribution in [0.4, 0.5) is 8.78 Å². The molecule has 1 aliphatic heterocycles. The Kier molecular flexibility index (Phi) is 5.28. The van der Waals surface area contributed by atoms with E-state index < -0.39 is 17.2 Å². The molecule has 1 aromatic carbocycles. The molecule has 1 saturated heterocycles. The number of benzene rings is 1. The number of nitrogens with one attached hydrogen (secondary N) is 2. The van der Waals surface area contributed by atoms with Gasteiger partial charge in [-0.3, -0.25) is 4.79 Å². The minimum absolute atomic E-state index is 0.00118. The smallest absolute Gasteiger partial charge is 0.240 e. The Balaban J connectivity index is 1.88. The molecular weight excluding hydrogens is 274 g/mol. The summed E-state index contributed by atoms with van der Waals surface area (Å²) >= 11 is 0. The lowest BCUT2D eigenvalue weighted by molar-refractivity contribution is -0.127. The summed E-state index contributed by atoms with van der Waals surface area (Å²) in [4.78, 5) is 12.4. The van der Waals surface area contributed by atoms with Crippen molar-refractivity contribution in [1.82, 2.24) is 10.6 Å². The van der Waals surface area contributed by atoms with Gasteiger partial charge >= 0.3 is 0 Å². The third kappa shape index (κ3) is 4.00. The highest BCUT2D eigenvalue weighted by molar-refractivity contribution is 5.86. The van der Waals surface area contributed by atoms with Gasteiger partial charge in [-0.25, -0.2) is 8.78 Å². The molecule has 1 aromatic rings. The fourth-order valence-electron chi connectivity index (χ4n) is 3.00. The number of halogens is 2. The molecule has 1 unspecified atom stereocenters. The Labute approximate surface area is 124 Å². The van der Waals surface area contributed by atoms with Crippen LogP contribution in [0.2, 0.25) is 0 Å². The maximum atomic E-state index is 13.1. The average Bonchev–Trinajstić information content (AvgIpc) is 2.88. The minimum Gasteiger partial charge on any atom is -0.354 e. The van der Waals surface area contributed by atoms with Crippen molar-refractivity contribution in [3.05, 3.63) is 35.4 Å². The maximum Gasteiger partial charge on any atom is 0.240 e. The van der Waals surface area contributed by atoms with E-state index in [4.69, 9.17) is 0 Å². The van der Waals surface area contributed by atoms with Gasteiger partial charge in [-0.15, -0.1) is 0 Å². The van der Waals surface area contributed by atoms with E-state index in [0.29, 0.717) is 18.5 Å². The number of carbonyl (C=O) groups excluding carboxylic acids is 1. The summed E-state index contributed by atoms with van der Waals surface area (Å²) in [6, 6.07) is 3.44. The van der Waals surface area contributed by atoms with Crippen molar-refractivity contribution >= 4 is 5.91 Å². The largest absolute Gasteiger partial charge is 0.354 e. The van der Waals surface area contributed by atoms with Gasteiger partial charge in [0.2, 0.25) is 5.91 Å². The molecule has 116 valence electrons. The third-order valence-corrected chi connectivity index (χ3v) is 3.98. The Morgan fingerprint density at radius 3 is 2.62 bits per heavy atom. The van der Waals surface area contributed by atoms with Gasteiger partial charge in [-0.1, -0.05) is 13.3 Å². The van der Waals surface area contributed by atoms with Crippen LogP contribution in [0.5, 0.6) is 0 Å². The van der Waals surface area contributed by atoms with Crippen molar-refractivity contribution < 1.29 is 13.6 Å². The fraction of sp³-hybridized carbons (Fsp3) is 0.562. The van der Waals surface area contributed by atoms with E-state index in [1.54, 1.807) is 0 Å². The Morgan fingerprint density at radius 1 is 1.33 bits per heavy atom. The van der Waals surface area contributed by atoms with E-state index in [9.17, 15) is 13.6 Å². The number of hydrogen-bond acceptors (Lipinski definition) is 2. The van der Waals surface area contributed by atoms with Gasteiger partial charge < -0.3 is 10.6 Å². The first kappa shape index (κ1) is 15.9. The molecule has 1 aliphatic rings. The highest BCUT2D eigenvalue weighted by Gasteiger charge is 2.39. The van der Waals surface area contributed by atoms with E-state index in [2.05, 4.69) is 17.6 Å². The van der Waals surface area contributed by atoms with Crippen molar-refractivity contribution in [1.29, 1.82) is 0 Å². The van der Waals surface area contributed by atoms with E-state index in [1.807, 2.05) is 0 Å². The molecule has 0 saturated carbocycles. The number of carbonyl (C=O) groups is 1. The van der Waals surface area contributed by atoms with Gasteiger partial charge in [-0.05, 0) is 49.9 Å². The summed E-state index contributed by atoms with van der Waals surface area (Å²) < 4.78 is 26.2. The standard InChI is InChI=1S/C16H22F2N2O/c1-2-5-16(6-3-7-20-16)15(21)19-8-4-12-9-13(17)11-14(18)10-12/h9-11,20H,2-8H2,1H3,(H,19,21). The molecule has 0 spiro atoms. The van der Waals surface area contributed by atoms with Gasteiger partial charge in [0.25, 0.3) is 0 Å². The van der Waals surface area contributed by atoms with Gasteiger partial charge in [0, 0.05) is 12.6 Å². The molecule has 0 aromatic heterocycles. The second-order valence-corrected chi connectivity index (χ2v) is 5.65. The van der Waals surface area contributed by atoms with E-state index >= 15 is 0 Å². The molecule has 1 heterocycles. The van der Waals surface area contributed by atoms with Crippen LogP contribution in [0.1, 0.15) is 38.2 Å². The maximum absolute atomic E-state index is 13.1. The zero-order valence-electron chi connectivity index (χ0n) is 12.3. The summed E-state index contributed by atoms with van der Waals surface area (Å²) in [5.41, 5.74) is 0.0961. The Morgan fingerprint density at radius 2 is 2.05 bits per heavy atom. The van der Waals surface area contributed by atoms with Crippen molar-refractivity contribution in [3.8, 4) is 0 Å². The predicted molar refractivity (Wildman–Crippen MR) is 77.9 cm³/mol. The SMILES string of the molecule is CCCC1(C(=O)NCCc2cc(F)cc(F)c2)CCCN1. The van der Waals surface area contributed by atoms with Gasteiger partial charge in [0.15, 0.2) is 0 Å². The Bertz CT molecular complexity index is 479. The van der Waals surface area contributed by atoms with Crippen LogP contribution in [0.15, 0.2) is 18.2 Å². The van der Waals surface area contributed by atoms with Crippen LogP contribution in [0.25, 0.3) is 0 Å².